The highest BCUT2D eigenvalue weighted by Crippen LogP contribution is 2.34. The molecule has 0 unspecified atom stereocenters. The molecule has 3 aromatic heterocycles. The van der Waals surface area contributed by atoms with Gasteiger partial charge in [0.15, 0.2) is 11.6 Å². The summed E-state index contributed by atoms with van der Waals surface area (Å²) in [5.41, 5.74) is 8.95. The maximum Gasteiger partial charge on any atom is 0.277 e. The van der Waals surface area contributed by atoms with Crippen molar-refractivity contribution in [3.8, 4) is 11.4 Å². The number of nitrogens with two attached hydrogens (primary N) is 1. The van der Waals surface area contributed by atoms with Gasteiger partial charge in [0, 0.05) is 52.8 Å². The van der Waals surface area contributed by atoms with Crippen LogP contribution in [-0.4, -0.2) is 20.2 Å². The van der Waals surface area contributed by atoms with Gasteiger partial charge in [-0.1, -0.05) is 32.4 Å². The highest BCUT2D eigenvalue weighted by atomic mass is 35.5. The van der Waals surface area contributed by atoms with Gasteiger partial charge in [0.25, 0.3) is 5.56 Å². The van der Waals surface area contributed by atoms with E-state index in [2.05, 4.69) is 9.97 Å². The second-order valence-electron chi connectivity index (χ2n) is 10.5. The third kappa shape index (κ3) is 6.10. The Hall–Kier alpha value is -3.59. The van der Waals surface area contributed by atoms with Crippen molar-refractivity contribution in [2.45, 2.75) is 54.1 Å². The largest absolute Gasteiger partial charge is 0.485 e. The first-order valence-electron chi connectivity index (χ1n) is 12.2. The van der Waals surface area contributed by atoms with E-state index in [0.29, 0.717) is 29.2 Å². The normalized spacial score (nSPS) is 14.6. The lowest BCUT2D eigenvalue weighted by Gasteiger charge is -2.19. The summed E-state index contributed by atoms with van der Waals surface area (Å²) in [5.74, 6) is -0.794. The molecule has 4 rings (SSSR count). The zero-order valence-electron chi connectivity index (χ0n) is 22.0. The minimum atomic E-state index is -0.851. The number of nitrogens with zero attached hydrogens (tertiary/aromatic N) is 4. The topological polar surface area (TPSA) is 95.4 Å². The second-order valence-corrected chi connectivity index (χ2v) is 10.8. The molecule has 0 amide bonds. The molecule has 3 heterocycles. The monoisotopic (exact) mass is 541 g/mol. The van der Waals surface area contributed by atoms with Crippen molar-refractivity contribution in [2.75, 3.05) is 0 Å². The zero-order chi connectivity index (χ0) is 27.8. The summed E-state index contributed by atoms with van der Waals surface area (Å²) in [7, 11) is 0. The van der Waals surface area contributed by atoms with E-state index in [1.54, 1.807) is 25.3 Å². The number of rotatable bonds is 7. The minimum absolute atomic E-state index is 0.0692. The van der Waals surface area contributed by atoms with Crippen LogP contribution in [0.1, 0.15) is 50.6 Å². The van der Waals surface area contributed by atoms with Gasteiger partial charge in [-0.05, 0) is 38.3 Å². The summed E-state index contributed by atoms with van der Waals surface area (Å²) >= 11 is 6.38. The van der Waals surface area contributed by atoms with Crippen LogP contribution in [0.5, 0.6) is 5.75 Å². The van der Waals surface area contributed by atoms with E-state index in [9.17, 15) is 13.6 Å². The van der Waals surface area contributed by atoms with Crippen LogP contribution in [-0.2, 0) is 6.61 Å². The highest BCUT2D eigenvalue weighted by molar-refractivity contribution is 6.31. The van der Waals surface area contributed by atoms with Gasteiger partial charge >= 0.3 is 0 Å². The molecule has 0 radical (unpaired) electrons. The van der Waals surface area contributed by atoms with E-state index >= 15 is 0 Å². The predicted molar refractivity (Wildman–Crippen MR) is 144 cm³/mol. The summed E-state index contributed by atoms with van der Waals surface area (Å²) in [5, 5.41) is -0.182. The van der Waals surface area contributed by atoms with Crippen LogP contribution < -0.4 is 16.0 Å². The van der Waals surface area contributed by atoms with Gasteiger partial charge in [-0.3, -0.25) is 14.3 Å². The summed E-state index contributed by atoms with van der Waals surface area (Å²) in [6.45, 7) is 9.38. The van der Waals surface area contributed by atoms with Crippen LogP contribution in [0, 0.1) is 36.8 Å². The Bertz CT molecular complexity index is 1500. The maximum absolute atomic E-state index is 13.9. The number of aryl methyl sites for hydroxylation is 2. The van der Waals surface area contributed by atoms with Crippen molar-refractivity contribution < 1.29 is 13.5 Å². The first kappa shape index (κ1) is 27.4. The zero-order valence-corrected chi connectivity index (χ0v) is 22.7. The SMILES string of the molecule is Cc1cnc(N=C(C=C(N)C(C)(C)C)C2CC2)cc1-n1c(C)cc(OCc2ncc(F)cc2F)c(Cl)c1=O. The third-order valence-corrected chi connectivity index (χ3v) is 6.61. The van der Waals surface area contributed by atoms with E-state index in [-0.39, 0.29) is 28.5 Å². The van der Waals surface area contributed by atoms with Gasteiger partial charge in [0.1, 0.15) is 28.9 Å². The summed E-state index contributed by atoms with van der Waals surface area (Å²) in [6, 6.07) is 4.03. The Morgan fingerprint density at radius 3 is 2.55 bits per heavy atom. The average Bonchev–Trinajstić information content (AvgIpc) is 3.68. The number of pyridine rings is 3. The van der Waals surface area contributed by atoms with Crippen LogP contribution in [0.3, 0.4) is 0 Å². The Labute approximate surface area is 225 Å². The van der Waals surface area contributed by atoms with Crippen molar-refractivity contribution in [1.29, 1.82) is 0 Å². The number of hydrogen-bond acceptors (Lipinski definition) is 6. The van der Waals surface area contributed by atoms with Gasteiger partial charge in [-0.2, -0.15) is 0 Å². The first-order valence-corrected chi connectivity index (χ1v) is 12.6. The Morgan fingerprint density at radius 2 is 1.92 bits per heavy atom. The van der Waals surface area contributed by atoms with Gasteiger partial charge in [-0.15, -0.1) is 0 Å². The molecule has 38 heavy (non-hydrogen) atoms. The number of ether oxygens (including phenoxy) is 1. The molecule has 10 heteroatoms. The summed E-state index contributed by atoms with van der Waals surface area (Å²) in [4.78, 5) is 26.3. The van der Waals surface area contributed by atoms with Crippen molar-refractivity contribution >= 4 is 23.1 Å². The molecule has 7 nitrogen and oxygen atoms in total. The quantitative estimate of drug-likeness (QED) is 0.363. The molecular weight excluding hydrogens is 512 g/mol. The Balaban J connectivity index is 1.69. The fraction of sp³-hybridized carbons (Fsp3) is 0.357. The maximum atomic E-state index is 13.9. The summed E-state index contributed by atoms with van der Waals surface area (Å²) < 4.78 is 34.1. The van der Waals surface area contributed by atoms with Crippen LogP contribution in [0.4, 0.5) is 14.6 Å². The molecular formula is C28H30ClF2N5O2. The molecule has 0 bridgehead atoms. The molecule has 1 aliphatic rings. The van der Waals surface area contributed by atoms with Gasteiger partial charge in [0.2, 0.25) is 0 Å². The minimum Gasteiger partial charge on any atom is -0.485 e. The molecule has 200 valence electrons. The number of aliphatic imine (C=N–C) groups is 1. The molecule has 0 aromatic carbocycles. The van der Waals surface area contributed by atoms with E-state index < -0.39 is 17.2 Å². The molecule has 1 saturated carbocycles. The van der Waals surface area contributed by atoms with Crippen molar-refractivity contribution in [3.63, 3.8) is 0 Å². The molecule has 1 fully saturated rings. The van der Waals surface area contributed by atoms with Crippen LogP contribution in [0.2, 0.25) is 5.02 Å². The first-order chi connectivity index (χ1) is 17.8. The van der Waals surface area contributed by atoms with Gasteiger partial charge in [0.05, 0.1) is 11.9 Å². The second kappa shape index (κ2) is 10.6. The molecule has 3 aromatic rings. The highest BCUT2D eigenvalue weighted by Gasteiger charge is 2.28. The lowest BCUT2D eigenvalue weighted by atomic mass is 9.91. The molecule has 0 saturated heterocycles. The lowest BCUT2D eigenvalue weighted by molar-refractivity contribution is 0.292. The van der Waals surface area contributed by atoms with Crippen molar-refractivity contribution in [3.05, 3.63) is 86.3 Å². The average molecular weight is 542 g/mol. The number of hydrogen-bond donors (Lipinski definition) is 1. The Morgan fingerprint density at radius 1 is 1.21 bits per heavy atom. The molecule has 0 aliphatic heterocycles. The molecule has 2 N–H and O–H groups in total. The van der Waals surface area contributed by atoms with Crippen LogP contribution in [0.15, 0.2) is 52.2 Å². The van der Waals surface area contributed by atoms with Crippen molar-refractivity contribution in [2.24, 2.45) is 22.1 Å². The third-order valence-electron chi connectivity index (χ3n) is 6.26. The Kier molecular flexibility index (Phi) is 7.69. The van der Waals surface area contributed by atoms with Crippen LogP contribution in [0.25, 0.3) is 5.69 Å². The molecule has 1 aliphatic carbocycles. The van der Waals surface area contributed by atoms with Crippen molar-refractivity contribution in [1.82, 2.24) is 14.5 Å². The predicted octanol–water partition coefficient (Wildman–Crippen LogP) is 6.13. The smallest absolute Gasteiger partial charge is 0.277 e. The number of aromatic nitrogens is 3. The standard InChI is InChI=1S/C28H30ClF2N5O2/c1-15-12-34-25(35-20(17-6-7-17)10-24(32)28(3,4)5)11-22(15)36-16(2)8-23(26(29)27(36)37)38-14-21-19(31)9-18(30)13-33-21/h8-13,17H,6-7,14,32H2,1-5H3. The van der Waals surface area contributed by atoms with E-state index in [1.807, 2.05) is 33.8 Å². The van der Waals surface area contributed by atoms with E-state index in [1.165, 1.54) is 4.57 Å². The van der Waals surface area contributed by atoms with E-state index in [4.69, 9.17) is 27.1 Å². The number of allylic oxidation sites excluding steroid dienone is 2. The van der Waals surface area contributed by atoms with E-state index in [0.717, 1.165) is 36.0 Å². The van der Waals surface area contributed by atoms with Gasteiger partial charge in [-0.25, -0.2) is 18.8 Å². The lowest BCUT2D eigenvalue weighted by Crippen LogP contribution is -2.22. The number of halogens is 3. The van der Waals surface area contributed by atoms with Gasteiger partial charge < -0.3 is 10.5 Å². The fourth-order valence-electron chi connectivity index (χ4n) is 3.71. The molecule has 0 spiro atoms. The van der Waals surface area contributed by atoms with Crippen LogP contribution >= 0.6 is 11.6 Å². The summed E-state index contributed by atoms with van der Waals surface area (Å²) in [6.07, 6.45) is 6.55. The molecule has 0 atom stereocenters. The fourth-order valence-corrected chi connectivity index (χ4v) is 3.91.